The number of aryl methyl sites for hydroxylation is 1. The fourth-order valence-electron chi connectivity index (χ4n) is 2.52. The maximum absolute atomic E-state index is 12.3. The van der Waals surface area contributed by atoms with Gasteiger partial charge in [-0.25, -0.2) is 5.43 Å². The third-order valence-corrected chi connectivity index (χ3v) is 3.65. The average Bonchev–Trinajstić information content (AvgIpc) is 2.93. The first-order chi connectivity index (χ1) is 11.2. The van der Waals surface area contributed by atoms with Crippen molar-refractivity contribution in [3.8, 4) is 5.75 Å². The van der Waals surface area contributed by atoms with Crippen molar-refractivity contribution >= 4 is 23.0 Å². The summed E-state index contributed by atoms with van der Waals surface area (Å²) in [6, 6.07) is 15.2. The molecule has 3 aromatic rings. The zero-order valence-corrected chi connectivity index (χ0v) is 13.0. The molecule has 0 spiro atoms. The number of hydrogen-bond donors (Lipinski definition) is 1. The number of ether oxygens (including phenoxy) is 1. The number of carbonyl (C=O) groups is 1. The van der Waals surface area contributed by atoms with Crippen LogP contribution in [0.2, 0.25) is 0 Å². The summed E-state index contributed by atoms with van der Waals surface area (Å²) in [5.41, 5.74) is 4.97. The molecule has 5 heteroatoms. The number of rotatable bonds is 4. The van der Waals surface area contributed by atoms with Crippen LogP contribution >= 0.6 is 0 Å². The Morgan fingerprint density at radius 2 is 1.91 bits per heavy atom. The Balaban J connectivity index is 1.80. The molecule has 0 aliphatic heterocycles. The summed E-state index contributed by atoms with van der Waals surface area (Å²) in [5.74, 6) is 0.462. The molecule has 0 unspecified atom stereocenters. The molecule has 0 aliphatic carbocycles. The number of methoxy groups -OCH3 is 1. The second kappa shape index (κ2) is 6.36. The van der Waals surface area contributed by atoms with E-state index in [0.29, 0.717) is 11.3 Å². The van der Waals surface area contributed by atoms with Crippen LogP contribution in [0.5, 0.6) is 5.75 Å². The van der Waals surface area contributed by atoms with E-state index in [2.05, 4.69) is 10.5 Å². The summed E-state index contributed by atoms with van der Waals surface area (Å²) in [4.78, 5) is 12.3. The number of fused-ring (bicyclic) bond motifs is 1. The molecular weight excluding hydrogens is 290 g/mol. The molecule has 5 nitrogen and oxygen atoms in total. The number of nitrogens with zero attached hydrogens (tertiary/aromatic N) is 2. The van der Waals surface area contributed by atoms with Crippen LogP contribution in [0.1, 0.15) is 15.9 Å². The lowest BCUT2D eigenvalue weighted by atomic mass is 10.2. The largest absolute Gasteiger partial charge is 0.496 e. The van der Waals surface area contributed by atoms with Gasteiger partial charge in [0, 0.05) is 29.7 Å². The number of hydrogen-bond acceptors (Lipinski definition) is 3. The molecule has 0 saturated heterocycles. The van der Waals surface area contributed by atoms with E-state index in [-0.39, 0.29) is 5.91 Å². The molecule has 0 fully saturated rings. The molecule has 1 heterocycles. The highest BCUT2D eigenvalue weighted by molar-refractivity contribution is 6.07. The number of benzene rings is 2. The first-order valence-electron chi connectivity index (χ1n) is 7.21. The minimum absolute atomic E-state index is 0.243. The van der Waals surface area contributed by atoms with E-state index < -0.39 is 0 Å². The maximum atomic E-state index is 12.3. The smallest absolute Gasteiger partial charge is 0.273 e. The standard InChI is InChI=1S/C18H17N3O2/c1-21-12-15(14-8-4-5-9-16(14)21)18(22)20-19-11-13-7-3-6-10-17(13)23-2/h3-12H,1-2H3,(H,20,22). The van der Waals surface area contributed by atoms with Crippen molar-refractivity contribution < 1.29 is 9.53 Å². The Morgan fingerprint density at radius 3 is 2.74 bits per heavy atom. The summed E-state index contributed by atoms with van der Waals surface area (Å²) < 4.78 is 7.17. The van der Waals surface area contributed by atoms with Crippen molar-refractivity contribution in [1.29, 1.82) is 0 Å². The summed E-state index contributed by atoms with van der Waals surface area (Å²) in [5, 5.41) is 4.93. The molecule has 0 radical (unpaired) electrons. The highest BCUT2D eigenvalue weighted by atomic mass is 16.5. The molecule has 1 N–H and O–H groups in total. The van der Waals surface area contributed by atoms with Gasteiger partial charge in [-0.15, -0.1) is 0 Å². The van der Waals surface area contributed by atoms with Crippen LogP contribution in [0, 0.1) is 0 Å². The Hall–Kier alpha value is -3.08. The lowest BCUT2D eigenvalue weighted by Gasteiger charge is -2.03. The first-order valence-corrected chi connectivity index (χ1v) is 7.21. The highest BCUT2D eigenvalue weighted by Gasteiger charge is 2.12. The van der Waals surface area contributed by atoms with Gasteiger partial charge in [-0.1, -0.05) is 30.3 Å². The van der Waals surface area contributed by atoms with Gasteiger partial charge in [0.15, 0.2) is 0 Å². The topological polar surface area (TPSA) is 55.6 Å². The van der Waals surface area contributed by atoms with Gasteiger partial charge in [0.2, 0.25) is 0 Å². The van der Waals surface area contributed by atoms with Crippen molar-refractivity contribution in [2.75, 3.05) is 7.11 Å². The van der Waals surface area contributed by atoms with E-state index in [9.17, 15) is 4.79 Å². The molecule has 0 aliphatic rings. The van der Waals surface area contributed by atoms with Gasteiger partial charge in [0.1, 0.15) is 5.75 Å². The monoisotopic (exact) mass is 307 g/mol. The fourth-order valence-corrected chi connectivity index (χ4v) is 2.52. The number of nitrogens with one attached hydrogen (secondary N) is 1. The lowest BCUT2D eigenvalue weighted by Crippen LogP contribution is -2.17. The van der Waals surface area contributed by atoms with Gasteiger partial charge >= 0.3 is 0 Å². The highest BCUT2D eigenvalue weighted by Crippen LogP contribution is 2.20. The van der Waals surface area contributed by atoms with Gasteiger partial charge in [0.05, 0.1) is 18.9 Å². The third kappa shape index (κ3) is 2.94. The zero-order chi connectivity index (χ0) is 16.2. The van der Waals surface area contributed by atoms with Crippen LogP contribution < -0.4 is 10.2 Å². The predicted molar refractivity (Wildman–Crippen MR) is 91.0 cm³/mol. The van der Waals surface area contributed by atoms with Crippen molar-refractivity contribution in [3.05, 3.63) is 65.9 Å². The predicted octanol–water partition coefficient (Wildman–Crippen LogP) is 2.95. The Bertz CT molecular complexity index is 881. The molecule has 23 heavy (non-hydrogen) atoms. The van der Waals surface area contributed by atoms with Crippen molar-refractivity contribution in [3.63, 3.8) is 0 Å². The quantitative estimate of drug-likeness (QED) is 0.595. The first kappa shape index (κ1) is 14.8. The third-order valence-electron chi connectivity index (χ3n) is 3.65. The molecular formula is C18H17N3O2. The lowest BCUT2D eigenvalue weighted by molar-refractivity contribution is 0.0956. The second-order valence-electron chi connectivity index (χ2n) is 5.11. The number of para-hydroxylation sites is 2. The minimum atomic E-state index is -0.243. The summed E-state index contributed by atoms with van der Waals surface area (Å²) in [6.45, 7) is 0. The maximum Gasteiger partial charge on any atom is 0.273 e. The van der Waals surface area contributed by atoms with E-state index in [1.807, 2.05) is 60.1 Å². The van der Waals surface area contributed by atoms with Gasteiger partial charge < -0.3 is 9.30 Å². The number of hydrazone groups is 1. The molecule has 1 aromatic heterocycles. The number of aromatic nitrogens is 1. The van der Waals surface area contributed by atoms with Crippen LogP contribution in [0.4, 0.5) is 0 Å². The van der Waals surface area contributed by atoms with E-state index in [1.54, 1.807) is 19.5 Å². The van der Waals surface area contributed by atoms with E-state index in [4.69, 9.17) is 4.74 Å². The van der Waals surface area contributed by atoms with Gasteiger partial charge in [-0.3, -0.25) is 4.79 Å². The molecule has 2 aromatic carbocycles. The summed E-state index contributed by atoms with van der Waals surface area (Å²) in [7, 11) is 3.51. The van der Waals surface area contributed by atoms with Crippen molar-refractivity contribution in [1.82, 2.24) is 9.99 Å². The zero-order valence-electron chi connectivity index (χ0n) is 13.0. The number of carbonyl (C=O) groups excluding carboxylic acids is 1. The van der Waals surface area contributed by atoms with Crippen LogP contribution in [-0.4, -0.2) is 23.8 Å². The molecule has 0 saturated carbocycles. The van der Waals surface area contributed by atoms with Gasteiger partial charge in [-0.05, 0) is 18.2 Å². The van der Waals surface area contributed by atoms with Crippen molar-refractivity contribution in [2.24, 2.45) is 12.1 Å². The molecule has 116 valence electrons. The normalized spacial score (nSPS) is 11.0. The Morgan fingerprint density at radius 1 is 1.17 bits per heavy atom. The average molecular weight is 307 g/mol. The summed E-state index contributed by atoms with van der Waals surface area (Å²) >= 11 is 0. The van der Waals surface area contributed by atoms with Crippen LogP contribution in [0.3, 0.4) is 0 Å². The fraction of sp³-hybridized carbons (Fsp3) is 0.111. The van der Waals surface area contributed by atoms with E-state index in [0.717, 1.165) is 16.5 Å². The SMILES string of the molecule is COc1ccccc1C=NNC(=O)c1cn(C)c2ccccc12. The number of amides is 1. The van der Waals surface area contributed by atoms with Crippen LogP contribution in [0.15, 0.2) is 59.8 Å². The Labute approximate surface area is 134 Å². The summed E-state index contributed by atoms with van der Waals surface area (Å²) in [6.07, 6.45) is 3.38. The molecule has 0 atom stereocenters. The van der Waals surface area contributed by atoms with E-state index >= 15 is 0 Å². The van der Waals surface area contributed by atoms with E-state index in [1.165, 1.54) is 0 Å². The van der Waals surface area contributed by atoms with Gasteiger partial charge in [0.25, 0.3) is 5.91 Å². The molecule has 3 rings (SSSR count). The second-order valence-corrected chi connectivity index (χ2v) is 5.11. The molecule has 1 amide bonds. The van der Waals surface area contributed by atoms with Crippen LogP contribution in [-0.2, 0) is 7.05 Å². The Kier molecular flexibility index (Phi) is 4.10. The minimum Gasteiger partial charge on any atom is -0.496 e. The van der Waals surface area contributed by atoms with Crippen molar-refractivity contribution in [2.45, 2.75) is 0 Å². The molecule has 0 bridgehead atoms. The van der Waals surface area contributed by atoms with Crippen LogP contribution in [0.25, 0.3) is 10.9 Å². The van der Waals surface area contributed by atoms with Gasteiger partial charge in [-0.2, -0.15) is 5.10 Å².